The van der Waals surface area contributed by atoms with Crippen LogP contribution in [0.1, 0.15) is 31.4 Å². The Kier molecular flexibility index (Phi) is 4.10. The SMILES string of the molecule is CSC1CCCCC1Nc1cccnc1C. The molecule has 0 saturated heterocycles. The Morgan fingerprint density at radius 3 is 2.94 bits per heavy atom. The zero-order valence-electron chi connectivity index (χ0n) is 10.1. The minimum atomic E-state index is 0.617. The second-order valence-electron chi connectivity index (χ2n) is 4.45. The molecule has 2 rings (SSSR count). The molecule has 0 bridgehead atoms. The maximum atomic E-state index is 4.33. The first-order valence-electron chi connectivity index (χ1n) is 6.02. The number of anilines is 1. The Bertz CT molecular complexity index is 340. The van der Waals surface area contributed by atoms with Gasteiger partial charge in [-0.2, -0.15) is 11.8 Å². The molecule has 2 nitrogen and oxygen atoms in total. The Balaban J connectivity index is 2.05. The molecule has 0 spiro atoms. The standard InChI is InChI=1S/C13H20N2S/c1-10-11(7-5-9-14-10)15-12-6-3-4-8-13(12)16-2/h5,7,9,12-13,15H,3-4,6,8H2,1-2H3. The Labute approximate surface area is 102 Å². The average Bonchev–Trinajstić information content (AvgIpc) is 2.33. The van der Waals surface area contributed by atoms with E-state index in [9.17, 15) is 0 Å². The quantitative estimate of drug-likeness (QED) is 0.869. The summed E-state index contributed by atoms with van der Waals surface area (Å²) in [6.45, 7) is 2.07. The highest BCUT2D eigenvalue weighted by Crippen LogP contribution is 2.29. The lowest BCUT2D eigenvalue weighted by atomic mass is 9.94. The fourth-order valence-corrected chi connectivity index (χ4v) is 3.32. The van der Waals surface area contributed by atoms with Crippen LogP contribution in [0.25, 0.3) is 0 Å². The van der Waals surface area contributed by atoms with Crippen molar-refractivity contribution in [2.45, 2.75) is 43.9 Å². The fourth-order valence-electron chi connectivity index (χ4n) is 2.38. The van der Waals surface area contributed by atoms with Gasteiger partial charge in [-0.05, 0) is 38.2 Å². The molecule has 16 heavy (non-hydrogen) atoms. The first-order valence-corrected chi connectivity index (χ1v) is 7.31. The lowest BCUT2D eigenvalue weighted by Crippen LogP contribution is -2.34. The molecule has 2 atom stereocenters. The van der Waals surface area contributed by atoms with Gasteiger partial charge in [-0.3, -0.25) is 4.98 Å². The van der Waals surface area contributed by atoms with Crippen LogP contribution in [0.4, 0.5) is 5.69 Å². The number of rotatable bonds is 3. The van der Waals surface area contributed by atoms with Crippen LogP contribution < -0.4 is 5.32 Å². The van der Waals surface area contributed by atoms with Crippen LogP contribution in [-0.2, 0) is 0 Å². The minimum Gasteiger partial charge on any atom is -0.380 e. The molecule has 0 amide bonds. The monoisotopic (exact) mass is 236 g/mol. The van der Waals surface area contributed by atoms with E-state index in [0.29, 0.717) is 6.04 Å². The normalized spacial score (nSPS) is 25.4. The van der Waals surface area contributed by atoms with Gasteiger partial charge in [0.2, 0.25) is 0 Å². The van der Waals surface area contributed by atoms with E-state index >= 15 is 0 Å². The number of nitrogens with zero attached hydrogens (tertiary/aromatic N) is 1. The van der Waals surface area contributed by atoms with Crippen molar-refractivity contribution in [2.75, 3.05) is 11.6 Å². The summed E-state index contributed by atoms with van der Waals surface area (Å²) >= 11 is 2.00. The number of hydrogen-bond acceptors (Lipinski definition) is 3. The van der Waals surface area contributed by atoms with Crippen LogP contribution >= 0.6 is 11.8 Å². The predicted molar refractivity (Wildman–Crippen MR) is 72.2 cm³/mol. The molecule has 1 aromatic rings. The maximum absolute atomic E-state index is 4.33. The number of thioether (sulfide) groups is 1. The summed E-state index contributed by atoms with van der Waals surface area (Å²) < 4.78 is 0. The molecular formula is C13H20N2S. The molecule has 2 unspecified atom stereocenters. The van der Waals surface area contributed by atoms with Gasteiger partial charge in [0.15, 0.2) is 0 Å². The molecular weight excluding hydrogens is 216 g/mol. The molecule has 1 aliphatic rings. The second-order valence-corrected chi connectivity index (χ2v) is 5.52. The van der Waals surface area contributed by atoms with Crippen molar-refractivity contribution in [1.82, 2.24) is 4.98 Å². The van der Waals surface area contributed by atoms with Gasteiger partial charge in [-0.15, -0.1) is 0 Å². The third-order valence-corrected chi connectivity index (χ3v) is 4.52. The van der Waals surface area contributed by atoms with Crippen LogP contribution in [0.3, 0.4) is 0 Å². The topological polar surface area (TPSA) is 24.9 Å². The Hall–Kier alpha value is -0.700. The summed E-state index contributed by atoms with van der Waals surface area (Å²) in [5.41, 5.74) is 2.31. The van der Waals surface area contributed by atoms with Gasteiger partial charge in [0, 0.05) is 17.5 Å². The van der Waals surface area contributed by atoms with E-state index in [-0.39, 0.29) is 0 Å². The zero-order chi connectivity index (χ0) is 11.4. The summed E-state index contributed by atoms with van der Waals surface area (Å²) in [7, 11) is 0. The van der Waals surface area contributed by atoms with E-state index in [2.05, 4.69) is 29.5 Å². The Morgan fingerprint density at radius 1 is 1.38 bits per heavy atom. The highest BCUT2D eigenvalue weighted by Gasteiger charge is 2.24. The summed E-state index contributed by atoms with van der Waals surface area (Å²) in [5.74, 6) is 0. The van der Waals surface area contributed by atoms with E-state index in [4.69, 9.17) is 0 Å². The zero-order valence-corrected chi connectivity index (χ0v) is 10.9. The smallest absolute Gasteiger partial charge is 0.0603 e. The summed E-state index contributed by atoms with van der Waals surface area (Å²) in [4.78, 5) is 4.33. The number of aryl methyl sites for hydroxylation is 1. The molecule has 1 N–H and O–H groups in total. The molecule has 3 heteroatoms. The van der Waals surface area contributed by atoms with Crippen LogP contribution in [0.15, 0.2) is 18.3 Å². The van der Waals surface area contributed by atoms with Crippen LogP contribution in [-0.4, -0.2) is 22.5 Å². The first-order chi connectivity index (χ1) is 7.81. The van der Waals surface area contributed by atoms with Crippen LogP contribution in [0.2, 0.25) is 0 Å². The largest absolute Gasteiger partial charge is 0.380 e. The number of hydrogen-bond donors (Lipinski definition) is 1. The Morgan fingerprint density at radius 2 is 2.19 bits per heavy atom. The molecule has 0 radical (unpaired) electrons. The number of pyridine rings is 1. The lowest BCUT2D eigenvalue weighted by Gasteiger charge is -2.32. The summed E-state index contributed by atoms with van der Waals surface area (Å²) in [6.07, 6.45) is 9.45. The van der Waals surface area contributed by atoms with Crippen molar-refractivity contribution < 1.29 is 0 Å². The maximum Gasteiger partial charge on any atom is 0.0603 e. The molecule has 1 heterocycles. The van der Waals surface area contributed by atoms with E-state index in [1.54, 1.807) is 0 Å². The summed E-state index contributed by atoms with van der Waals surface area (Å²) in [5, 5.41) is 4.42. The van der Waals surface area contributed by atoms with Crippen LogP contribution in [0, 0.1) is 6.92 Å². The van der Waals surface area contributed by atoms with E-state index in [1.165, 1.54) is 31.4 Å². The van der Waals surface area contributed by atoms with Gasteiger partial charge in [0.1, 0.15) is 0 Å². The second kappa shape index (κ2) is 5.58. The van der Waals surface area contributed by atoms with Crippen molar-refractivity contribution >= 4 is 17.4 Å². The van der Waals surface area contributed by atoms with E-state index in [0.717, 1.165) is 10.9 Å². The van der Waals surface area contributed by atoms with Crippen molar-refractivity contribution in [2.24, 2.45) is 0 Å². The van der Waals surface area contributed by atoms with Crippen molar-refractivity contribution in [3.8, 4) is 0 Å². The molecule has 1 aromatic heterocycles. The predicted octanol–water partition coefficient (Wildman–Crippen LogP) is 3.48. The van der Waals surface area contributed by atoms with Gasteiger partial charge >= 0.3 is 0 Å². The third-order valence-electron chi connectivity index (χ3n) is 3.35. The van der Waals surface area contributed by atoms with Gasteiger partial charge in [-0.1, -0.05) is 12.8 Å². The number of nitrogens with one attached hydrogen (secondary N) is 1. The van der Waals surface area contributed by atoms with E-state index < -0.39 is 0 Å². The molecule has 0 aromatic carbocycles. The third kappa shape index (κ3) is 2.70. The van der Waals surface area contributed by atoms with Gasteiger partial charge in [0.25, 0.3) is 0 Å². The van der Waals surface area contributed by atoms with Crippen molar-refractivity contribution in [3.05, 3.63) is 24.0 Å². The van der Waals surface area contributed by atoms with Crippen LogP contribution in [0.5, 0.6) is 0 Å². The lowest BCUT2D eigenvalue weighted by molar-refractivity contribution is 0.475. The molecule has 1 saturated carbocycles. The number of aromatic nitrogens is 1. The fraction of sp³-hybridized carbons (Fsp3) is 0.615. The minimum absolute atomic E-state index is 0.617. The van der Waals surface area contributed by atoms with Crippen molar-refractivity contribution in [3.63, 3.8) is 0 Å². The molecule has 0 aliphatic heterocycles. The van der Waals surface area contributed by atoms with Crippen molar-refractivity contribution in [1.29, 1.82) is 0 Å². The highest BCUT2D eigenvalue weighted by molar-refractivity contribution is 7.99. The highest BCUT2D eigenvalue weighted by atomic mass is 32.2. The molecule has 1 aliphatic carbocycles. The van der Waals surface area contributed by atoms with Gasteiger partial charge < -0.3 is 5.32 Å². The first kappa shape index (κ1) is 11.8. The molecule has 88 valence electrons. The average molecular weight is 236 g/mol. The molecule has 1 fully saturated rings. The van der Waals surface area contributed by atoms with Gasteiger partial charge in [0.05, 0.1) is 11.4 Å². The van der Waals surface area contributed by atoms with Gasteiger partial charge in [-0.25, -0.2) is 0 Å². The summed E-state index contributed by atoms with van der Waals surface area (Å²) in [6, 6.07) is 4.76. The van der Waals surface area contributed by atoms with E-state index in [1.807, 2.05) is 24.0 Å².